The maximum absolute atomic E-state index is 12.4. The lowest BCUT2D eigenvalue weighted by Crippen LogP contribution is -2.37. The Bertz CT molecular complexity index is 785. The number of hydrogen-bond donors (Lipinski definition) is 1. The van der Waals surface area contributed by atoms with Crippen LogP contribution in [0.1, 0.15) is 44.6 Å². The van der Waals surface area contributed by atoms with Gasteiger partial charge in [0.1, 0.15) is 12.4 Å². The van der Waals surface area contributed by atoms with Crippen molar-refractivity contribution in [2.24, 2.45) is 0 Å². The number of alkyl halides is 6. The fourth-order valence-corrected chi connectivity index (χ4v) is 3.14. The molecular formula is C23H31F6NO6. The molecule has 0 saturated heterocycles. The predicted octanol–water partition coefficient (Wildman–Crippen LogP) is 5.61. The lowest BCUT2D eigenvalue weighted by molar-refractivity contribution is -0.162. The van der Waals surface area contributed by atoms with Crippen LogP contribution in [-0.4, -0.2) is 73.4 Å². The molecule has 0 radical (unpaired) electrons. The van der Waals surface area contributed by atoms with Crippen molar-refractivity contribution in [2.75, 3.05) is 32.9 Å². The van der Waals surface area contributed by atoms with E-state index in [1.54, 1.807) is 31.2 Å². The Morgan fingerprint density at radius 3 is 2.14 bits per heavy atom. The van der Waals surface area contributed by atoms with Crippen molar-refractivity contribution in [3.63, 3.8) is 0 Å². The molecule has 0 bridgehead atoms. The fraction of sp³-hybridized carbons (Fsp3) is 0.652. The zero-order chi connectivity index (χ0) is 27.2. The molecule has 13 heteroatoms. The number of ether oxygens (including phenoxy) is 3. The normalized spacial score (nSPS) is 12.8. The summed E-state index contributed by atoms with van der Waals surface area (Å²) in [5.74, 6) is -0.701. The summed E-state index contributed by atoms with van der Waals surface area (Å²) in [6.07, 6.45) is -11.1. The van der Waals surface area contributed by atoms with Crippen LogP contribution in [0.5, 0.6) is 5.75 Å². The molecule has 0 heterocycles. The molecule has 1 aromatic rings. The van der Waals surface area contributed by atoms with Crippen LogP contribution in [0.25, 0.3) is 0 Å². The highest BCUT2D eigenvalue weighted by molar-refractivity contribution is 5.72. The van der Waals surface area contributed by atoms with Crippen LogP contribution >= 0.6 is 0 Å². The van der Waals surface area contributed by atoms with Crippen LogP contribution in [0.4, 0.5) is 31.1 Å². The number of hydrogen-bond acceptors (Lipinski definition) is 5. The van der Waals surface area contributed by atoms with Crippen molar-refractivity contribution < 1.29 is 55.2 Å². The van der Waals surface area contributed by atoms with E-state index in [2.05, 4.69) is 4.74 Å². The molecule has 0 aliphatic rings. The maximum Gasteiger partial charge on any atom is 0.422 e. The summed E-state index contributed by atoms with van der Waals surface area (Å²) in [5.41, 5.74) is 0.686. The molecule has 0 spiro atoms. The van der Waals surface area contributed by atoms with E-state index in [0.717, 1.165) is 4.90 Å². The van der Waals surface area contributed by atoms with Gasteiger partial charge in [-0.25, -0.2) is 9.59 Å². The highest BCUT2D eigenvalue weighted by Crippen LogP contribution is 2.23. The first-order chi connectivity index (χ1) is 16.8. The van der Waals surface area contributed by atoms with Crippen LogP contribution in [0.2, 0.25) is 0 Å². The SMILES string of the molecule is CCOC(Cc1ccc(OCCN(CCCCCCC(F)(F)F)C(=O)OCC(F)(F)F)cc1)C(=O)O. The fourth-order valence-electron chi connectivity index (χ4n) is 3.14. The molecule has 36 heavy (non-hydrogen) atoms. The smallest absolute Gasteiger partial charge is 0.422 e. The number of rotatable bonds is 16. The van der Waals surface area contributed by atoms with E-state index in [0.29, 0.717) is 17.7 Å². The highest BCUT2D eigenvalue weighted by atomic mass is 19.4. The second kappa shape index (κ2) is 15.4. The Morgan fingerprint density at radius 2 is 1.58 bits per heavy atom. The summed E-state index contributed by atoms with van der Waals surface area (Å²) in [6.45, 7) is -0.0113. The summed E-state index contributed by atoms with van der Waals surface area (Å²) in [5, 5.41) is 9.15. The van der Waals surface area contributed by atoms with Gasteiger partial charge in [0.15, 0.2) is 12.7 Å². The Balaban J connectivity index is 2.57. The third kappa shape index (κ3) is 14.6. The Hall–Kier alpha value is -2.70. The van der Waals surface area contributed by atoms with Gasteiger partial charge in [0.2, 0.25) is 0 Å². The monoisotopic (exact) mass is 531 g/mol. The van der Waals surface area contributed by atoms with E-state index in [9.17, 15) is 35.9 Å². The van der Waals surface area contributed by atoms with Crippen molar-refractivity contribution in [2.45, 2.75) is 63.9 Å². The van der Waals surface area contributed by atoms with Crippen LogP contribution in [0, 0.1) is 0 Å². The van der Waals surface area contributed by atoms with Gasteiger partial charge < -0.3 is 24.2 Å². The van der Waals surface area contributed by atoms with E-state index < -0.39 is 43.5 Å². The van der Waals surface area contributed by atoms with Crippen molar-refractivity contribution in [1.29, 1.82) is 0 Å². The van der Waals surface area contributed by atoms with Gasteiger partial charge in [0.25, 0.3) is 0 Å². The molecule has 206 valence electrons. The first kappa shape index (κ1) is 31.3. The number of carboxylic acid groups (broad SMARTS) is 1. The van der Waals surface area contributed by atoms with Gasteiger partial charge in [-0.3, -0.25) is 0 Å². The zero-order valence-corrected chi connectivity index (χ0v) is 19.9. The summed E-state index contributed by atoms with van der Waals surface area (Å²) < 4.78 is 88.7. The summed E-state index contributed by atoms with van der Waals surface area (Å²) in [4.78, 5) is 24.3. The molecule has 1 aromatic carbocycles. The van der Waals surface area contributed by atoms with E-state index >= 15 is 0 Å². The van der Waals surface area contributed by atoms with E-state index in [-0.39, 0.29) is 52.0 Å². The van der Waals surface area contributed by atoms with Gasteiger partial charge in [-0.1, -0.05) is 25.0 Å². The van der Waals surface area contributed by atoms with E-state index in [4.69, 9.17) is 14.6 Å². The van der Waals surface area contributed by atoms with Crippen molar-refractivity contribution in [3.05, 3.63) is 29.8 Å². The Kier molecular flexibility index (Phi) is 13.4. The van der Waals surface area contributed by atoms with Crippen molar-refractivity contribution in [3.8, 4) is 5.75 Å². The standard InChI is InChI=1S/C23H31F6NO6/c1-2-34-19(20(31)32)15-17-7-9-18(10-8-17)35-14-13-30(21(33)36-16-23(27,28)29)12-6-4-3-5-11-22(24,25)26/h7-10,19H,2-6,11-16H2,1H3,(H,31,32). The zero-order valence-electron chi connectivity index (χ0n) is 19.9. The topological polar surface area (TPSA) is 85.3 Å². The molecule has 7 nitrogen and oxygen atoms in total. The summed E-state index contributed by atoms with van der Waals surface area (Å²) in [6, 6.07) is 6.43. The van der Waals surface area contributed by atoms with Crippen LogP contribution < -0.4 is 4.74 Å². The number of unbranched alkanes of at least 4 members (excludes halogenated alkanes) is 3. The number of carboxylic acids is 1. The van der Waals surface area contributed by atoms with Gasteiger partial charge in [-0.05, 0) is 37.5 Å². The number of amides is 1. The van der Waals surface area contributed by atoms with E-state index in [1.807, 2.05) is 0 Å². The number of carbonyl (C=O) groups excluding carboxylic acids is 1. The number of benzene rings is 1. The quantitative estimate of drug-likeness (QED) is 0.221. The van der Waals surface area contributed by atoms with Crippen LogP contribution in [0.15, 0.2) is 24.3 Å². The van der Waals surface area contributed by atoms with Crippen LogP contribution in [0.3, 0.4) is 0 Å². The molecule has 1 amide bonds. The molecular weight excluding hydrogens is 500 g/mol. The number of nitrogens with zero attached hydrogens (tertiary/aromatic N) is 1. The maximum atomic E-state index is 12.4. The average Bonchev–Trinajstić information content (AvgIpc) is 2.78. The minimum Gasteiger partial charge on any atom is -0.492 e. The Morgan fingerprint density at radius 1 is 0.944 bits per heavy atom. The molecule has 0 aliphatic carbocycles. The summed E-state index contributed by atoms with van der Waals surface area (Å²) >= 11 is 0. The number of halogens is 6. The minimum absolute atomic E-state index is 0.000981. The second-order valence-corrected chi connectivity index (χ2v) is 7.91. The number of carbonyl (C=O) groups is 2. The summed E-state index contributed by atoms with van der Waals surface area (Å²) in [7, 11) is 0. The minimum atomic E-state index is -4.70. The first-order valence-electron chi connectivity index (χ1n) is 11.4. The first-order valence-corrected chi connectivity index (χ1v) is 11.4. The largest absolute Gasteiger partial charge is 0.492 e. The predicted molar refractivity (Wildman–Crippen MR) is 117 cm³/mol. The van der Waals surface area contributed by atoms with Gasteiger partial charge in [0, 0.05) is 26.0 Å². The molecule has 0 aromatic heterocycles. The van der Waals surface area contributed by atoms with Gasteiger partial charge in [-0.15, -0.1) is 0 Å². The van der Waals surface area contributed by atoms with Crippen molar-refractivity contribution in [1.82, 2.24) is 4.90 Å². The van der Waals surface area contributed by atoms with Crippen molar-refractivity contribution >= 4 is 12.1 Å². The third-order valence-electron chi connectivity index (χ3n) is 4.87. The lowest BCUT2D eigenvalue weighted by Gasteiger charge is -2.22. The molecule has 1 rings (SSSR count). The highest BCUT2D eigenvalue weighted by Gasteiger charge is 2.31. The lowest BCUT2D eigenvalue weighted by atomic mass is 10.1. The molecule has 1 unspecified atom stereocenters. The van der Waals surface area contributed by atoms with Gasteiger partial charge in [0.05, 0.1) is 6.54 Å². The molecule has 1 N–H and O–H groups in total. The second-order valence-electron chi connectivity index (χ2n) is 7.91. The molecule has 1 atom stereocenters. The van der Waals surface area contributed by atoms with Gasteiger partial charge >= 0.3 is 24.4 Å². The van der Waals surface area contributed by atoms with Crippen LogP contribution in [-0.2, 0) is 20.7 Å². The Labute approximate surface area is 205 Å². The number of aliphatic carboxylic acids is 1. The van der Waals surface area contributed by atoms with Gasteiger partial charge in [-0.2, -0.15) is 26.3 Å². The molecule has 0 fully saturated rings. The molecule has 0 aliphatic heterocycles. The third-order valence-corrected chi connectivity index (χ3v) is 4.87. The van der Waals surface area contributed by atoms with E-state index in [1.165, 1.54) is 0 Å². The average molecular weight is 531 g/mol. The molecule has 0 saturated carbocycles.